The largest absolute Gasteiger partial charge is 0.353 e. The van der Waals surface area contributed by atoms with Crippen molar-refractivity contribution in [2.75, 3.05) is 31.1 Å². The van der Waals surface area contributed by atoms with Gasteiger partial charge in [-0.2, -0.15) is 4.98 Å². The maximum Gasteiger partial charge on any atom is 0.234 e. The average Bonchev–Trinajstić information content (AvgIpc) is 3.41. The third-order valence-electron chi connectivity index (χ3n) is 6.37. The van der Waals surface area contributed by atoms with Crippen molar-refractivity contribution in [3.05, 3.63) is 96.0 Å². The highest BCUT2D eigenvalue weighted by atomic mass is 16.5. The molecule has 0 radical (unpaired) electrons. The number of aromatic nitrogens is 3. The lowest BCUT2D eigenvalue weighted by atomic mass is 9.90. The normalized spacial score (nSPS) is 14.1. The first-order valence-corrected chi connectivity index (χ1v) is 12.0. The molecule has 0 bridgehead atoms. The lowest BCUT2D eigenvalue weighted by Crippen LogP contribution is -2.50. The van der Waals surface area contributed by atoms with Gasteiger partial charge in [-0.3, -0.25) is 4.79 Å². The summed E-state index contributed by atoms with van der Waals surface area (Å²) in [6.45, 7) is 6.81. The monoisotopic (exact) mass is 467 g/mol. The summed E-state index contributed by atoms with van der Waals surface area (Å²) in [5, 5.41) is 4.06. The lowest BCUT2D eigenvalue weighted by Gasteiger charge is -2.37. The van der Waals surface area contributed by atoms with Gasteiger partial charge in [-0.1, -0.05) is 79.7 Å². The fourth-order valence-corrected chi connectivity index (χ4v) is 4.40. The van der Waals surface area contributed by atoms with Crippen LogP contribution in [0, 0.1) is 0 Å². The molecule has 0 saturated carbocycles. The Bertz CT molecular complexity index is 1210. The number of benzene rings is 2. The van der Waals surface area contributed by atoms with Crippen LogP contribution in [-0.2, 0) is 4.79 Å². The standard InChI is InChI=1S/C28H29N5O2/c1-20(2)27-30-26(31-35-27)23-13-14-24(29-19-23)32-15-17-33(18-16-32)28(34)25(21-9-5-3-6-10-21)22-11-7-4-8-12-22/h3-14,19-20,25H,15-18H2,1-2H3. The molecule has 0 N–H and O–H groups in total. The predicted octanol–water partition coefficient (Wildman–Crippen LogP) is 4.74. The molecule has 0 spiro atoms. The molecule has 1 aliphatic rings. The van der Waals surface area contributed by atoms with Crippen molar-refractivity contribution in [3.8, 4) is 11.4 Å². The van der Waals surface area contributed by atoms with Crippen LogP contribution in [0.1, 0.15) is 42.7 Å². The zero-order valence-electron chi connectivity index (χ0n) is 20.0. The third kappa shape index (κ3) is 4.94. The van der Waals surface area contributed by atoms with E-state index < -0.39 is 0 Å². The summed E-state index contributed by atoms with van der Waals surface area (Å²) in [5.41, 5.74) is 2.86. The van der Waals surface area contributed by atoms with E-state index in [0.717, 1.165) is 35.6 Å². The molecule has 5 rings (SSSR count). The van der Waals surface area contributed by atoms with Crippen molar-refractivity contribution in [1.29, 1.82) is 0 Å². The van der Waals surface area contributed by atoms with E-state index in [0.29, 0.717) is 24.8 Å². The Morgan fingerprint density at radius 2 is 1.49 bits per heavy atom. The molecule has 178 valence electrons. The van der Waals surface area contributed by atoms with E-state index in [2.05, 4.69) is 20.0 Å². The molecular formula is C28H29N5O2. The summed E-state index contributed by atoms with van der Waals surface area (Å²) in [6, 6.07) is 24.0. The molecule has 35 heavy (non-hydrogen) atoms. The van der Waals surface area contributed by atoms with Gasteiger partial charge in [0.15, 0.2) is 0 Å². The summed E-state index contributed by atoms with van der Waals surface area (Å²) in [4.78, 5) is 26.9. The first-order valence-electron chi connectivity index (χ1n) is 12.0. The minimum Gasteiger partial charge on any atom is -0.353 e. The van der Waals surface area contributed by atoms with Crippen molar-refractivity contribution in [2.45, 2.75) is 25.7 Å². The van der Waals surface area contributed by atoms with Gasteiger partial charge in [-0.25, -0.2) is 4.98 Å². The fourth-order valence-electron chi connectivity index (χ4n) is 4.40. The predicted molar refractivity (Wildman–Crippen MR) is 135 cm³/mol. The molecule has 2 aromatic carbocycles. The Balaban J connectivity index is 1.26. The molecule has 0 aliphatic carbocycles. The van der Waals surface area contributed by atoms with Crippen LogP contribution in [-0.4, -0.2) is 52.1 Å². The molecule has 7 nitrogen and oxygen atoms in total. The van der Waals surface area contributed by atoms with Crippen LogP contribution < -0.4 is 4.90 Å². The number of nitrogens with zero attached hydrogens (tertiary/aromatic N) is 5. The smallest absolute Gasteiger partial charge is 0.234 e. The van der Waals surface area contributed by atoms with Crippen LogP contribution in [0.2, 0.25) is 0 Å². The number of amides is 1. The molecule has 3 heterocycles. The number of carbonyl (C=O) groups excluding carboxylic acids is 1. The van der Waals surface area contributed by atoms with Crippen LogP contribution in [0.5, 0.6) is 0 Å². The third-order valence-corrected chi connectivity index (χ3v) is 6.37. The highest BCUT2D eigenvalue weighted by molar-refractivity contribution is 5.87. The summed E-state index contributed by atoms with van der Waals surface area (Å²) >= 11 is 0. The molecule has 0 atom stereocenters. The second-order valence-electron chi connectivity index (χ2n) is 9.08. The minimum absolute atomic E-state index is 0.142. The van der Waals surface area contributed by atoms with Crippen LogP contribution in [0.15, 0.2) is 83.5 Å². The van der Waals surface area contributed by atoms with E-state index in [1.807, 2.05) is 91.5 Å². The van der Waals surface area contributed by atoms with Crippen molar-refractivity contribution in [3.63, 3.8) is 0 Å². The van der Waals surface area contributed by atoms with Crippen molar-refractivity contribution >= 4 is 11.7 Å². The number of anilines is 1. The Labute approximate surface area is 205 Å². The number of hydrogen-bond donors (Lipinski definition) is 0. The lowest BCUT2D eigenvalue weighted by molar-refractivity contribution is -0.132. The zero-order chi connectivity index (χ0) is 24.2. The summed E-state index contributed by atoms with van der Waals surface area (Å²) in [7, 11) is 0. The average molecular weight is 468 g/mol. The summed E-state index contributed by atoms with van der Waals surface area (Å²) in [6.07, 6.45) is 1.78. The van der Waals surface area contributed by atoms with Gasteiger partial charge in [0.2, 0.25) is 17.6 Å². The van der Waals surface area contributed by atoms with Gasteiger partial charge in [-0.15, -0.1) is 0 Å². The Hall–Kier alpha value is -4.00. The van der Waals surface area contributed by atoms with Crippen molar-refractivity contribution in [2.24, 2.45) is 0 Å². The number of carbonyl (C=O) groups is 1. The van der Waals surface area contributed by atoms with E-state index in [9.17, 15) is 4.79 Å². The Morgan fingerprint density at radius 3 is 2.00 bits per heavy atom. The number of rotatable bonds is 6. The number of pyridine rings is 1. The molecule has 1 saturated heterocycles. The van der Waals surface area contributed by atoms with Crippen molar-refractivity contribution < 1.29 is 9.32 Å². The molecule has 7 heteroatoms. The highest BCUT2D eigenvalue weighted by Gasteiger charge is 2.30. The second kappa shape index (κ2) is 10.1. The van der Waals surface area contributed by atoms with E-state index in [4.69, 9.17) is 4.52 Å². The van der Waals surface area contributed by atoms with Crippen LogP contribution in [0.25, 0.3) is 11.4 Å². The SMILES string of the molecule is CC(C)c1nc(-c2ccc(N3CCN(C(=O)C(c4ccccc4)c4ccccc4)CC3)nc2)no1. The number of hydrogen-bond acceptors (Lipinski definition) is 6. The van der Waals surface area contributed by atoms with Gasteiger partial charge in [0.25, 0.3) is 0 Å². The molecule has 1 amide bonds. The quantitative estimate of drug-likeness (QED) is 0.408. The topological polar surface area (TPSA) is 75.4 Å². The molecule has 1 fully saturated rings. The van der Waals surface area contributed by atoms with Gasteiger partial charge in [0, 0.05) is 43.9 Å². The maximum absolute atomic E-state index is 13.7. The first-order chi connectivity index (χ1) is 17.1. The van der Waals surface area contributed by atoms with E-state index in [1.165, 1.54) is 0 Å². The van der Waals surface area contributed by atoms with Gasteiger partial charge in [0.1, 0.15) is 5.82 Å². The van der Waals surface area contributed by atoms with Gasteiger partial charge in [0.05, 0.1) is 5.92 Å². The molecule has 0 unspecified atom stereocenters. The molecule has 2 aromatic heterocycles. The van der Waals surface area contributed by atoms with Gasteiger partial charge >= 0.3 is 0 Å². The van der Waals surface area contributed by atoms with Crippen LogP contribution in [0.4, 0.5) is 5.82 Å². The summed E-state index contributed by atoms with van der Waals surface area (Å²) < 4.78 is 5.31. The van der Waals surface area contributed by atoms with E-state index in [1.54, 1.807) is 6.20 Å². The van der Waals surface area contributed by atoms with Gasteiger partial charge < -0.3 is 14.3 Å². The van der Waals surface area contributed by atoms with Crippen LogP contribution >= 0.6 is 0 Å². The first kappa shape index (κ1) is 22.8. The van der Waals surface area contributed by atoms with E-state index in [-0.39, 0.29) is 17.7 Å². The molecule has 1 aliphatic heterocycles. The Kier molecular flexibility index (Phi) is 6.57. The minimum atomic E-state index is -0.299. The molecule has 4 aromatic rings. The van der Waals surface area contributed by atoms with E-state index >= 15 is 0 Å². The fraction of sp³-hybridized carbons (Fsp3) is 0.286. The Morgan fingerprint density at radius 1 is 0.857 bits per heavy atom. The van der Waals surface area contributed by atoms with Crippen LogP contribution in [0.3, 0.4) is 0 Å². The highest BCUT2D eigenvalue weighted by Crippen LogP contribution is 2.28. The van der Waals surface area contributed by atoms with Crippen molar-refractivity contribution in [1.82, 2.24) is 20.0 Å². The molecular weight excluding hydrogens is 438 g/mol. The zero-order valence-corrected chi connectivity index (χ0v) is 20.0. The summed E-state index contributed by atoms with van der Waals surface area (Å²) in [5.74, 6) is 2.09. The second-order valence-corrected chi connectivity index (χ2v) is 9.08. The maximum atomic E-state index is 13.7. The van der Waals surface area contributed by atoms with Gasteiger partial charge in [-0.05, 0) is 23.3 Å². The number of piperazine rings is 1.